The second-order valence-corrected chi connectivity index (χ2v) is 6.87. The van der Waals surface area contributed by atoms with Gasteiger partial charge in [-0.3, -0.25) is 0 Å². The van der Waals surface area contributed by atoms with Crippen molar-refractivity contribution in [1.29, 1.82) is 0 Å². The molecule has 1 saturated carbocycles. The van der Waals surface area contributed by atoms with E-state index in [0.29, 0.717) is 12.6 Å². The van der Waals surface area contributed by atoms with Crippen molar-refractivity contribution < 1.29 is 5.11 Å². The predicted octanol–water partition coefficient (Wildman–Crippen LogP) is 3.20. The zero-order chi connectivity index (χ0) is 12.9. The Morgan fingerprint density at radius 1 is 1.18 bits per heavy atom. The van der Waals surface area contributed by atoms with E-state index in [1.807, 2.05) is 0 Å². The Labute approximate surface area is 107 Å². The van der Waals surface area contributed by atoms with Crippen molar-refractivity contribution >= 4 is 0 Å². The van der Waals surface area contributed by atoms with Gasteiger partial charge in [-0.25, -0.2) is 0 Å². The third kappa shape index (κ3) is 5.39. The van der Waals surface area contributed by atoms with E-state index in [-0.39, 0.29) is 5.41 Å². The van der Waals surface area contributed by atoms with E-state index in [9.17, 15) is 0 Å². The molecule has 17 heavy (non-hydrogen) atoms. The van der Waals surface area contributed by atoms with Crippen molar-refractivity contribution in [3.8, 4) is 0 Å². The summed E-state index contributed by atoms with van der Waals surface area (Å²) in [5.74, 6) is 1.79. The van der Waals surface area contributed by atoms with Crippen molar-refractivity contribution in [1.82, 2.24) is 5.32 Å². The van der Waals surface area contributed by atoms with Crippen LogP contribution in [0, 0.1) is 17.3 Å². The van der Waals surface area contributed by atoms with Crippen molar-refractivity contribution in [3.63, 3.8) is 0 Å². The summed E-state index contributed by atoms with van der Waals surface area (Å²) < 4.78 is 0. The van der Waals surface area contributed by atoms with Crippen LogP contribution < -0.4 is 5.32 Å². The normalized spacial score (nSPS) is 26.5. The fourth-order valence-electron chi connectivity index (χ4n) is 2.80. The maximum absolute atomic E-state index is 9.01. The molecule has 0 unspecified atom stereocenters. The topological polar surface area (TPSA) is 32.3 Å². The van der Waals surface area contributed by atoms with E-state index in [0.717, 1.165) is 24.8 Å². The first kappa shape index (κ1) is 15.0. The number of aliphatic hydroxyl groups is 1. The Balaban J connectivity index is 2.22. The lowest BCUT2D eigenvalue weighted by molar-refractivity contribution is 0.186. The van der Waals surface area contributed by atoms with Gasteiger partial charge in [0.2, 0.25) is 0 Å². The molecule has 1 aliphatic carbocycles. The van der Waals surface area contributed by atoms with E-state index < -0.39 is 0 Å². The Hall–Kier alpha value is -0.0800. The van der Waals surface area contributed by atoms with Crippen molar-refractivity contribution in [2.24, 2.45) is 17.3 Å². The number of hydrogen-bond donors (Lipinski definition) is 2. The lowest BCUT2D eigenvalue weighted by Crippen LogP contribution is -2.40. The lowest BCUT2D eigenvalue weighted by atomic mass is 9.79. The summed E-state index contributed by atoms with van der Waals surface area (Å²) in [5, 5.41) is 12.7. The molecule has 1 rings (SSSR count). The number of nitrogens with one attached hydrogen (secondary N) is 1. The van der Waals surface area contributed by atoms with Crippen LogP contribution >= 0.6 is 0 Å². The second-order valence-electron chi connectivity index (χ2n) is 6.87. The Kier molecular flexibility index (Phi) is 5.94. The number of rotatable bonds is 6. The Morgan fingerprint density at radius 3 is 2.24 bits per heavy atom. The van der Waals surface area contributed by atoms with Gasteiger partial charge in [0.1, 0.15) is 0 Å². The van der Waals surface area contributed by atoms with Gasteiger partial charge in [-0.15, -0.1) is 0 Å². The summed E-state index contributed by atoms with van der Waals surface area (Å²) in [6, 6.07) is 0.711. The molecule has 0 radical (unpaired) electrons. The van der Waals surface area contributed by atoms with Crippen LogP contribution in [0.3, 0.4) is 0 Å². The quantitative estimate of drug-likeness (QED) is 0.748. The maximum atomic E-state index is 9.01. The van der Waals surface area contributed by atoms with Crippen molar-refractivity contribution in [3.05, 3.63) is 0 Å². The van der Waals surface area contributed by atoms with Gasteiger partial charge in [-0.2, -0.15) is 0 Å². The molecule has 1 aliphatic rings. The monoisotopic (exact) mass is 241 g/mol. The first-order valence-corrected chi connectivity index (χ1v) is 7.29. The minimum atomic E-state index is 0.226. The van der Waals surface area contributed by atoms with Gasteiger partial charge in [0.25, 0.3) is 0 Å². The molecule has 2 heteroatoms. The molecule has 0 heterocycles. The van der Waals surface area contributed by atoms with Crippen LogP contribution in [-0.2, 0) is 0 Å². The molecule has 0 atom stereocenters. The summed E-state index contributed by atoms with van der Waals surface area (Å²) in [7, 11) is 0. The zero-order valence-electron chi connectivity index (χ0n) is 12.1. The highest BCUT2D eigenvalue weighted by Crippen LogP contribution is 2.30. The van der Waals surface area contributed by atoms with Crippen LogP contribution in [0.5, 0.6) is 0 Å². The molecular formula is C15H31NO. The van der Waals surface area contributed by atoms with Gasteiger partial charge in [0, 0.05) is 19.2 Å². The molecular weight excluding hydrogens is 210 g/mol. The highest BCUT2D eigenvalue weighted by atomic mass is 16.3. The number of hydrogen-bond acceptors (Lipinski definition) is 2. The minimum absolute atomic E-state index is 0.226. The van der Waals surface area contributed by atoms with Crippen LogP contribution in [0.15, 0.2) is 0 Å². The molecule has 0 saturated heterocycles. The average Bonchev–Trinajstić information content (AvgIpc) is 2.27. The van der Waals surface area contributed by atoms with E-state index in [1.54, 1.807) is 0 Å². The highest BCUT2D eigenvalue weighted by Gasteiger charge is 2.24. The van der Waals surface area contributed by atoms with Gasteiger partial charge in [-0.1, -0.05) is 27.7 Å². The standard InChI is InChI=1S/C15H31NO/c1-12(2)13-5-7-14(8-6-13)16-11-15(3,4)9-10-17/h12-14,16-17H,5-11H2,1-4H3. The van der Waals surface area contributed by atoms with Crippen LogP contribution in [0.1, 0.15) is 59.8 Å². The Morgan fingerprint density at radius 2 is 1.76 bits per heavy atom. The van der Waals surface area contributed by atoms with Gasteiger partial charge < -0.3 is 10.4 Å². The summed E-state index contributed by atoms with van der Waals surface area (Å²) in [6.45, 7) is 10.5. The molecule has 0 aliphatic heterocycles. The van der Waals surface area contributed by atoms with E-state index in [4.69, 9.17) is 5.11 Å². The van der Waals surface area contributed by atoms with Gasteiger partial charge in [-0.05, 0) is 49.4 Å². The van der Waals surface area contributed by atoms with Crippen LogP contribution in [0.2, 0.25) is 0 Å². The Bertz CT molecular complexity index is 205. The largest absolute Gasteiger partial charge is 0.396 e. The van der Waals surface area contributed by atoms with Crippen LogP contribution in [0.4, 0.5) is 0 Å². The summed E-state index contributed by atoms with van der Waals surface area (Å²) >= 11 is 0. The minimum Gasteiger partial charge on any atom is -0.396 e. The molecule has 1 fully saturated rings. The molecule has 102 valence electrons. The zero-order valence-corrected chi connectivity index (χ0v) is 12.1. The molecule has 2 nitrogen and oxygen atoms in total. The van der Waals surface area contributed by atoms with Crippen molar-refractivity contribution in [2.75, 3.05) is 13.2 Å². The summed E-state index contributed by atoms with van der Waals surface area (Å²) in [6.07, 6.45) is 6.32. The summed E-state index contributed by atoms with van der Waals surface area (Å²) in [5.41, 5.74) is 0.226. The smallest absolute Gasteiger partial charge is 0.0436 e. The van der Waals surface area contributed by atoms with E-state index in [2.05, 4.69) is 33.0 Å². The fraction of sp³-hybridized carbons (Fsp3) is 1.00. The van der Waals surface area contributed by atoms with Gasteiger partial charge in [0.05, 0.1) is 0 Å². The maximum Gasteiger partial charge on any atom is 0.0436 e. The van der Waals surface area contributed by atoms with Gasteiger partial charge in [0.15, 0.2) is 0 Å². The lowest BCUT2D eigenvalue weighted by Gasteiger charge is -2.34. The second kappa shape index (κ2) is 6.75. The average molecular weight is 241 g/mol. The first-order valence-electron chi connectivity index (χ1n) is 7.29. The molecule has 0 aromatic heterocycles. The molecule has 0 spiro atoms. The summed E-state index contributed by atoms with van der Waals surface area (Å²) in [4.78, 5) is 0. The molecule has 0 aromatic carbocycles. The highest BCUT2D eigenvalue weighted by molar-refractivity contribution is 4.81. The third-order valence-electron chi connectivity index (χ3n) is 4.37. The molecule has 0 bridgehead atoms. The van der Waals surface area contributed by atoms with E-state index >= 15 is 0 Å². The molecule has 0 aromatic rings. The molecule has 0 amide bonds. The van der Waals surface area contributed by atoms with Crippen LogP contribution in [-0.4, -0.2) is 24.3 Å². The SMILES string of the molecule is CC(C)C1CCC(NCC(C)(C)CCO)CC1. The van der Waals surface area contributed by atoms with E-state index in [1.165, 1.54) is 25.7 Å². The van der Waals surface area contributed by atoms with Crippen molar-refractivity contribution in [2.45, 2.75) is 65.8 Å². The predicted molar refractivity (Wildman–Crippen MR) is 74.1 cm³/mol. The van der Waals surface area contributed by atoms with Gasteiger partial charge >= 0.3 is 0 Å². The third-order valence-corrected chi connectivity index (χ3v) is 4.37. The number of aliphatic hydroxyl groups excluding tert-OH is 1. The fourth-order valence-corrected chi connectivity index (χ4v) is 2.80. The van der Waals surface area contributed by atoms with Crippen LogP contribution in [0.25, 0.3) is 0 Å². The first-order chi connectivity index (χ1) is 7.94. The molecule has 2 N–H and O–H groups in total.